The van der Waals surface area contributed by atoms with Crippen molar-refractivity contribution in [3.63, 3.8) is 0 Å². The van der Waals surface area contributed by atoms with Crippen LogP contribution in [0.1, 0.15) is 58.8 Å². The highest BCUT2D eigenvalue weighted by atomic mass is 16.2. The van der Waals surface area contributed by atoms with Gasteiger partial charge in [0.25, 0.3) is 0 Å². The van der Waals surface area contributed by atoms with Gasteiger partial charge in [-0.05, 0) is 24.7 Å². The molecule has 3 heteroatoms. The second-order valence-electron chi connectivity index (χ2n) is 6.38. The summed E-state index contributed by atoms with van der Waals surface area (Å²) in [7, 11) is 0. The first kappa shape index (κ1) is 12.9. The van der Waals surface area contributed by atoms with Crippen LogP contribution < -0.4 is 10.6 Å². The van der Waals surface area contributed by atoms with Crippen LogP contribution in [0.3, 0.4) is 0 Å². The molecule has 2 aliphatic rings. The Morgan fingerprint density at radius 3 is 2.29 bits per heavy atom. The monoisotopic (exact) mass is 238 g/mol. The molecule has 2 saturated carbocycles. The maximum Gasteiger partial charge on any atom is 0.234 e. The number of hydrogen-bond donors (Lipinski definition) is 2. The van der Waals surface area contributed by atoms with Gasteiger partial charge in [0.2, 0.25) is 5.91 Å². The third kappa shape index (κ3) is 3.98. The van der Waals surface area contributed by atoms with E-state index in [9.17, 15) is 4.79 Å². The largest absolute Gasteiger partial charge is 0.352 e. The van der Waals surface area contributed by atoms with E-state index in [1.165, 1.54) is 44.9 Å². The summed E-state index contributed by atoms with van der Waals surface area (Å²) in [6.07, 6.45) is 8.74. The quantitative estimate of drug-likeness (QED) is 0.737. The first-order valence-corrected chi connectivity index (χ1v) is 7.11. The Kier molecular flexibility index (Phi) is 4.08. The minimum atomic E-state index is 0.180. The Labute approximate surface area is 105 Å². The summed E-state index contributed by atoms with van der Waals surface area (Å²) in [5.74, 6) is 0.180. The molecule has 0 saturated heterocycles. The predicted octanol–water partition coefficient (Wildman–Crippen LogP) is 2.21. The van der Waals surface area contributed by atoms with Gasteiger partial charge < -0.3 is 10.6 Å². The van der Waals surface area contributed by atoms with E-state index in [2.05, 4.69) is 24.5 Å². The molecule has 0 heterocycles. The molecule has 0 aromatic heterocycles. The molecule has 17 heavy (non-hydrogen) atoms. The van der Waals surface area contributed by atoms with Gasteiger partial charge in [-0.25, -0.2) is 0 Å². The van der Waals surface area contributed by atoms with Crippen molar-refractivity contribution in [1.82, 2.24) is 10.6 Å². The van der Waals surface area contributed by atoms with Crippen LogP contribution in [0, 0.1) is 5.41 Å². The van der Waals surface area contributed by atoms with Crippen molar-refractivity contribution in [2.24, 2.45) is 5.41 Å². The van der Waals surface area contributed by atoms with Crippen molar-refractivity contribution in [2.75, 3.05) is 6.54 Å². The second-order valence-corrected chi connectivity index (χ2v) is 6.38. The Morgan fingerprint density at radius 2 is 1.76 bits per heavy atom. The topological polar surface area (TPSA) is 41.1 Å². The van der Waals surface area contributed by atoms with Gasteiger partial charge in [-0.2, -0.15) is 0 Å². The molecule has 0 radical (unpaired) electrons. The van der Waals surface area contributed by atoms with Crippen LogP contribution in [0.15, 0.2) is 0 Å². The summed E-state index contributed by atoms with van der Waals surface area (Å²) >= 11 is 0. The van der Waals surface area contributed by atoms with Gasteiger partial charge in [0.15, 0.2) is 0 Å². The molecule has 2 N–H and O–H groups in total. The number of rotatable bonds is 4. The highest BCUT2D eigenvalue weighted by molar-refractivity contribution is 5.78. The normalized spacial score (nSPS) is 28.5. The van der Waals surface area contributed by atoms with E-state index >= 15 is 0 Å². The van der Waals surface area contributed by atoms with Gasteiger partial charge >= 0.3 is 0 Å². The molecule has 2 fully saturated rings. The summed E-state index contributed by atoms with van der Waals surface area (Å²) in [6.45, 7) is 4.98. The molecule has 1 atom stereocenters. The van der Waals surface area contributed by atoms with Crippen molar-refractivity contribution in [3.8, 4) is 0 Å². The van der Waals surface area contributed by atoms with Gasteiger partial charge in [-0.1, -0.05) is 39.5 Å². The number of nitrogens with one attached hydrogen (secondary N) is 2. The zero-order chi connectivity index (χ0) is 12.3. The van der Waals surface area contributed by atoms with E-state index in [-0.39, 0.29) is 5.91 Å². The molecule has 0 bridgehead atoms. The minimum Gasteiger partial charge on any atom is -0.352 e. The number of carbonyl (C=O) groups is 1. The molecule has 2 aliphatic carbocycles. The van der Waals surface area contributed by atoms with Crippen LogP contribution in [0.2, 0.25) is 0 Å². The van der Waals surface area contributed by atoms with E-state index in [0.29, 0.717) is 24.0 Å². The van der Waals surface area contributed by atoms with E-state index in [0.717, 1.165) is 0 Å². The molecule has 1 unspecified atom stereocenters. The fourth-order valence-electron chi connectivity index (χ4n) is 2.73. The Morgan fingerprint density at radius 1 is 1.18 bits per heavy atom. The van der Waals surface area contributed by atoms with E-state index < -0.39 is 0 Å². The lowest BCUT2D eigenvalue weighted by atomic mass is 10.1. The molecule has 0 aromatic rings. The lowest BCUT2D eigenvalue weighted by molar-refractivity contribution is -0.121. The maximum atomic E-state index is 11.8. The molecule has 3 nitrogen and oxygen atoms in total. The Bertz CT molecular complexity index is 267. The summed E-state index contributed by atoms with van der Waals surface area (Å²) in [5.41, 5.74) is 0.405. The molecule has 1 amide bonds. The number of carbonyl (C=O) groups excluding carboxylic acids is 1. The van der Waals surface area contributed by atoms with Crippen LogP contribution in [0.4, 0.5) is 0 Å². The van der Waals surface area contributed by atoms with Crippen molar-refractivity contribution < 1.29 is 4.79 Å². The van der Waals surface area contributed by atoms with Crippen molar-refractivity contribution >= 4 is 5.91 Å². The summed E-state index contributed by atoms with van der Waals surface area (Å²) in [4.78, 5) is 11.8. The Balaban J connectivity index is 1.63. The first-order valence-electron chi connectivity index (χ1n) is 7.11. The van der Waals surface area contributed by atoms with Gasteiger partial charge in [0, 0.05) is 12.1 Å². The highest BCUT2D eigenvalue weighted by Gasteiger charge is 2.45. The van der Waals surface area contributed by atoms with Gasteiger partial charge in [-0.15, -0.1) is 0 Å². The molecular weight excluding hydrogens is 212 g/mol. The van der Waals surface area contributed by atoms with Gasteiger partial charge in [0.05, 0.1) is 6.54 Å². The van der Waals surface area contributed by atoms with Crippen molar-refractivity contribution in [3.05, 3.63) is 0 Å². The first-order chi connectivity index (χ1) is 8.08. The van der Waals surface area contributed by atoms with Crippen LogP contribution in [0.25, 0.3) is 0 Å². The average Bonchev–Trinajstić information content (AvgIpc) is 2.94. The third-order valence-corrected chi connectivity index (χ3v) is 4.24. The SMILES string of the molecule is CC1(C)CC1NCC(=O)NC1CCCCCC1. The molecule has 2 rings (SSSR count). The van der Waals surface area contributed by atoms with E-state index in [1.807, 2.05) is 0 Å². The van der Waals surface area contributed by atoms with Crippen LogP contribution >= 0.6 is 0 Å². The predicted molar refractivity (Wildman–Crippen MR) is 69.8 cm³/mol. The van der Waals surface area contributed by atoms with Gasteiger partial charge in [0.1, 0.15) is 0 Å². The van der Waals surface area contributed by atoms with E-state index in [1.54, 1.807) is 0 Å². The molecule has 98 valence electrons. The minimum absolute atomic E-state index is 0.180. The van der Waals surface area contributed by atoms with Crippen LogP contribution in [-0.2, 0) is 4.79 Å². The number of amides is 1. The smallest absolute Gasteiger partial charge is 0.234 e. The van der Waals surface area contributed by atoms with Crippen molar-refractivity contribution in [2.45, 2.75) is 70.9 Å². The Hall–Kier alpha value is -0.570. The van der Waals surface area contributed by atoms with E-state index in [4.69, 9.17) is 0 Å². The van der Waals surface area contributed by atoms with Crippen LogP contribution in [0.5, 0.6) is 0 Å². The zero-order valence-corrected chi connectivity index (χ0v) is 11.2. The maximum absolute atomic E-state index is 11.8. The fraction of sp³-hybridized carbons (Fsp3) is 0.929. The molecular formula is C14H26N2O. The lowest BCUT2D eigenvalue weighted by Crippen LogP contribution is -2.41. The van der Waals surface area contributed by atoms with Gasteiger partial charge in [-0.3, -0.25) is 4.79 Å². The summed E-state index contributed by atoms with van der Waals surface area (Å²) in [6, 6.07) is 0.974. The van der Waals surface area contributed by atoms with Crippen molar-refractivity contribution in [1.29, 1.82) is 0 Å². The summed E-state index contributed by atoms with van der Waals surface area (Å²) in [5, 5.41) is 6.51. The fourth-order valence-corrected chi connectivity index (χ4v) is 2.73. The lowest BCUT2D eigenvalue weighted by Gasteiger charge is -2.16. The highest BCUT2D eigenvalue weighted by Crippen LogP contribution is 2.44. The molecule has 0 spiro atoms. The summed E-state index contributed by atoms with van der Waals surface area (Å²) < 4.78 is 0. The third-order valence-electron chi connectivity index (χ3n) is 4.24. The average molecular weight is 238 g/mol. The zero-order valence-electron chi connectivity index (χ0n) is 11.2. The second kappa shape index (κ2) is 5.38. The molecule has 0 aliphatic heterocycles. The number of hydrogen-bond acceptors (Lipinski definition) is 2. The van der Waals surface area contributed by atoms with Crippen LogP contribution in [-0.4, -0.2) is 24.5 Å². The molecule has 0 aromatic carbocycles. The standard InChI is InChI=1S/C14H26N2O/c1-14(2)9-12(14)15-10-13(17)16-11-7-5-3-4-6-8-11/h11-12,15H,3-10H2,1-2H3,(H,16,17).